The maximum absolute atomic E-state index is 12.3. The van der Waals surface area contributed by atoms with Gasteiger partial charge >= 0.3 is 0 Å². The van der Waals surface area contributed by atoms with E-state index in [9.17, 15) is 4.79 Å². The molecular formula is C20H23N5O2. The molecule has 3 aromatic rings. The number of pyridine rings is 1. The van der Waals surface area contributed by atoms with Gasteiger partial charge in [-0.25, -0.2) is 9.67 Å². The lowest BCUT2D eigenvalue weighted by Gasteiger charge is -2.06. The van der Waals surface area contributed by atoms with E-state index in [1.165, 1.54) is 0 Å². The van der Waals surface area contributed by atoms with Gasteiger partial charge < -0.3 is 4.74 Å². The zero-order chi connectivity index (χ0) is 18.9. The molecule has 0 bridgehead atoms. The van der Waals surface area contributed by atoms with Crippen LogP contribution >= 0.6 is 0 Å². The van der Waals surface area contributed by atoms with Crippen molar-refractivity contribution < 1.29 is 9.53 Å². The van der Waals surface area contributed by atoms with Gasteiger partial charge in [0.1, 0.15) is 12.1 Å². The van der Waals surface area contributed by atoms with Crippen LogP contribution in [0.25, 0.3) is 0 Å². The Kier molecular flexibility index (Phi) is 6.51. The van der Waals surface area contributed by atoms with E-state index in [2.05, 4.69) is 27.3 Å². The second-order valence-corrected chi connectivity index (χ2v) is 6.12. The highest BCUT2D eigenvalue weighted by atomic mass is 16.5. The van der Waals surface area contributed by atoms with Crippen molar-refractivity contribution in [3.8, 4) is 5.75 Å². The zero-order valence-electron chi connectivity index (χ0n) is 15.3. The third kappa shape index (κ3) is 5.64. The first-order valence-electron chi connectivity index (χ1n) is 9.08. The summed E-state index contributed by atoms with van der Waals surface area (Å²) < 4.78 is 7.29. The van der Waals surface area contributed by atoms with Crippen molar-refractivity contribution in [2.24, 2.45) is 0 Å². The molecule has 1 N–H and O–H groups in total. The highest BCUT2D eigenvalue weighted by Gasteiger charge is 2.10. The summed E-state index contributed by atoms with van der Waals surface area (Å²) in [4.78, 5) is 20.7. The Morgan fingerprint density at radius 3 is 2.70 bits per heavy atom. The first kappa shape index (κ1) is 18.6. The normalized spacial score (nSPS) is 10.6. The van der Waals surface area contributed by atoms with E-state index in [4.69, 9.17) is 4.74 Å². The van der Waals surface area contributed by atoms with Crippen molar-refractivity contribution >= 4 is 11.9 Å². The molecule has 7 nitrogen and oxygen atoms in total. The third-order valence-electron chi connectivity index (χ3n) is 3.95. The molecule has 0 saturated carbocycles. The van der Waals surface area contributed by atoms with E-state index in [1.807, 2.05) is 18.2 Å². The average molecular weight is 365 g/mol. The molecule has 0 spiro atoms. The van der Waals surface area contributed by atoms with Crippen molar-refractivity contribution in [1.82, 2.24) is 19.7 Å². The van der Waals surface area contributed by atoms with Crippen LogP contribution in [0.4, 0.5) is 5.95 Å². The van der Waals surface area contributed by atoms with Crippen LogP contribution in [0.15, 0.2) is 55.0 Å². The third-order valence-corrected chi connectivity index (χ3v) is 3.95. The molecule has 0 aliphatic rings. The number of benzene rings is 1. The Bertz CT molecular complexity index is 846. The van der Waals surface area contributed by atoms with Crippen molar-refractivity contribution in [3.63, 3.8) is 0 Å². The molecule has 0 aliphatic heterocycles. The lowest BCUT2D eigenvalue weighted by molar-refractivity contribution is 0.102. The Morgan fingerprint density at radius 1 is 1.11 bits per heavy atom. The maximum atomic E-state index is 12.3. The van der Waals surface area contributed by atoms with Gasteiger partial charge in [-0.05, 0) is 42.8 Å². The number of hydrogen-bond acceptors (Lipinski definition) is 5. The molecule has 27 heavy (non-hydrogen) atoms. The summed E-state index contributed by atoms with van der Waals surface area (Å²) in [6, 6.07) is 12.7. The van der Waals surface area contributed by atoms with Crippen LogP contribution in [0, 0.1) is 0 Å². The highest BCUT2D eigenvalue weighted by Crippen LogP contribution is 2.14. The second-order valence-electron chi connectivity index (χ2n) is 6.12. The van der Waals surface area contributed by atoms with Crippen LogP contribution in [0.3, 0.4) is 0 Å². The van der Waals surface area contributed by atoms with Gasteiger partial charge in [0.15, 0.2) is 0 Å². The topological polar surface area (TPSA) is 81.9 Å². The number of ether oxygens (including phenoxy) is 1. The fourth-order valence-corrected chi connectivity index (χ4v) is 2.50. The lowest BCUT2D eigenvalue weighted by Crippen LogP contribution is -2.13. The van der Waals surface area contributed by atoms with Crippen LogP contribution in [0.2, 0.25) is 0 Å². The van der Waals surface area contributed by atoms with Gasteiger partial charge in [0.05, 0.1) is 18.8 Å². The van der Waals surface area contributed by atoms with Crippen molar-refractivity contribution in [3.05, 3.63) is 66.2 Å². The van der Waals surface area contributed by atoms with Gasteiger partial charge in [-0.15, -0.1) is 5.10 Å². The standard InChI is InChI=1S/C20H23N5O2/c1-2-3-6-13-27-18-10-8-16(9-11-18)19(26)23-20-22-15-25(24-20)14-17-7-4-5-12-21-17/h4-5,7-12,15H,2-3,6,13-14H2,1H3,(H,23,24,26). The molecule has 0 atom stereocenters. The Hall–Kier alpha value is -3.22. The molecule has 3 rings (SSSR count). The van der Waals surface area contributed by atoms with E-state index in [0.29, 0.717) is 18.7 Å². The van der Waals surface area contributed by atoms with E-state index in [-0.39, 0.29) is 11.9 Å². The van der Waals surface area contributed by atoms with E-state index < -0.39 is 0 Å². The van der Waals surface area contributed by atoms with Crippen LogP contribution in [0.5, 0.6) is 5.75 Å². The summed E-state index contributed by atoms with van der Waals surface area (Å²) >= 11 is 0. The molecule has 2 heterocycles. The molecule has 2 aromatic heterocycles. The summed E-state index contributed by atoms with van der Waals surface area (Å²) in [6.45, 7) is 3.34. The van der Waals surface area contributed by atoms with Crippen molar-refractivity contribution in [2.75, 3.05) is 11.9 Å². The van der Waals surface area contributed by atoms with Gasteiger partial charge in [-0.3, -0.25) is 15.1 Å². The fraction of sp³-hybridized carbons (Fsp3) is 0.300. The predicted octanol–water partition coefficient (Wildman–Crippen LogP) is 3.54. The number of carbonyl (C=O) groups is 1. The first-order valence-corrected chi connectivity index (χ1v) is 9.08. The number of rotatable bonds is 9. The number of carbonyl (C=O) groups excluding carboxylic acids is 1. The largest absolute Gasteiger partial charge is 0.494 e. The molecule has 0 saturated heterocycles. The number of hydrogen-bond donors (Lipinski definition) is 1. The molecule has 0 radical (unpaired) electrons. The summed E-state index contributed by atoms with van der Waals surface area (Å²) in [5, 5.41) is 6.96. The summed E-state index contributed by atoms with van der Waals surface area (Å²) in [5.41, 5.74) is 1.40. The molecule has 7 heteroatoms. The van der Waals surface area contributed by atoms with Crippen LogP contribution in [0.1, 0.15) is 42.2 Å². The molecule has 140 valence electrons. The van der Waals surface area contributed by atoms with Crippen LogP contribution < -0.4 is 10.1 Å². The second kappa shape index (κ2) is 9.47. The number of unbranched alkanes of at least 4 members (excludes halogenated alkanes) is 2. The molecule has 0 aliphatic carbocycles. The Labute approximate surface area is 158 Å². The lowest BCUT2D eigenvalue weighted by atomic mass is 10.2. The Balaban J connectivity index is 1.53. The van der Waals surface area contributed by atoms with E-state index >= 15 is 0 Å². The summed E-state index contributed by atoms with van der Waals surface area (Å²) in [6.07, 6.45) is 6.64. The highest BCUT2D eigenvalue weighted by molar-refractivity contribution is 6.03. The summed E-state index contributed by atoms with van der Waals surface area (Å²) in [7, 11) is 0. The Morgan fingerprint density at radius 2 is 1.96 bits per heavy atom. The molecule has 1 aromatic carbocycles. The quantitative estimate of drug-likeness (QED) is 0.587. The fourth-order valence-electron chi connectivity index (χ4n) is 2.50. The van der Waals surface area contributed by atoms with Crippen molar-refractivity contribution in [2.45, 2.75) is 32.7 Å². The number of nitrogens with zero attached hydrogens (tertiary/aromatic N) is 4. The van der Waals surface area contributed by atoms with Gasteiger partial charge in [0.25, 0.3) is 5.91 Å². The number of nitrogens with one attached hydrogen (secondary N) is 1. The average Bonchev–Trinajstić information content (AvgIpc) is 3.13. The molecule has 0 fully saturated rings. The number of amides is 1. The van der Waals surface area contributed by atoms with E-state index in [1.54, 1.807) is 41.5 Å². The maximum Gasteiger partial charge on any atom is 0.258 e. The summed E-state index contributed by atoms with van der Waals surface area (Å²) in [5.74, 6) is 0.763. The number of anilines is 1. The minimum absolute atomic E-state index is 0.260. The smallest absolute Gasteiger partial charge is 0.258 e. The SMILES string of the molecule is CCCCCOc1ccc(C(=O)Nc2ncn(Cc3ccccn3)n2)cc1. The minimum Gasteiger partial charge on any atom is -0.494 e. The monoisotopic (exact) mass is 365 g/mol. The van der Waals surface area contributed by atoms with Gasteiger partial charge in [0, 0.05) is 11.8 Å². The van der Waals surface area contributed by atoms with Gasteiger partial charge in [-0.1, -0.05) is 25.8 Å². The minimum atomic E-state index is -0.261. The molecule has 1 amide bonds. The van der Waals surface area contributed by atoms with Crippen LogP contribution in [-0.2, 0) is 6.54 Å². The van der Waals surface area contributed by atoms with Gasteiger partial charge in [0.2, 0.25) is 5.95 Å². The molecular weight excluding hydrogens is 342 g/mol. The zero-order valence-corrected chi connectivity index (χ0v) is 15.3. The number of aromatic nitrogens is 4. The molecule has 0 unspecified atom stereocenters. The predicted molar refractivity (Wildman–Crippen MR) is 103 cm³/mol. The van der Waals surface area contributed by atoms with Gasteiger partial charge in [-0.2, -0.15) is 0 Å². The van der Waals surface area contributed by atoms with Crippen LogP contribution in [-0.4, -0.2) is 32.3 Å². The first-order chi connectivity index (χ1) is 13.2. The van der Waals surface area contributed by atoms with Crippen molar-refractivity contribution in [1.29, 1.82) is 0 Å². The van der Waals surface area contributed by atoms with E-state index in [0.717, 1.165) is 30.7 Å².